The fraction of sp³-hybridized carbons (Fsp3) is 0. The summed E-state index contributed by atoms with van der Waals surface area (Å²) in [5.41, 5.74) is 0. The molecule has 0 bridgehead atoms. The number of nitrogens with zero attached hydrogens (tertiary/aromatic N) is 7. The van der Waals surface area contributed by atoms with Crippen molar-refractivity contribution in [3.63, 3.8) is 0 Å². The Morgan fingerprint density at radius 3 is 2.44 bits per heavy atom. The van der Waals surface area contributed by atoms with E-state index >= 15 is 0 Å². The zero-order chi connectivity index (χ0) is 12.5. The minimum absolute atomic E-state index is 0.0935. The van der Waals surface area contributed by atoms with Crippen molar-refractivity contribution in [2.75, 3.05) is 0 Å². The van der Waals surface area contributed by atoms with Crippen LogP contribution in [0.15, 0.2) is 30.9 Å². The van der Waals surface area contributed by atoms with E-state index in [1.807, 2.05) is 0 Å². The summed E-state index contributed by atoms with van der Waals surface area (Å²) >= 11 is 8.03. The summed E-state index contributed by atoms with van der Waals surface area (Å²) in [4.78, 5) is 12.3. The van der Waals surface area contributed by atoms with E-state index in [1.54, 1.807) is 30.9 Å². The second-order valence-corrected chi connectivity index (χ2v) is 4.84. The highest BCUT2D eigenvalue weighted by molar-refractivity contribution is 14.1. The molecule has 0 saturated heterocycles. The first-order chi connectivity index (χ1) is 8.72. The van der Waals surface area contributed by atoms with Crippen molar-refractivity contribution < 1.29 is 0 Å². The van der Waals surface area contributed by atoms with Gasteiger partial charge in [-0.1, -0.05) is 0 Å². The standard InChI is InChI=1S/C9H5ClIN7/c10-7-14-8(17-3-1-2-12-17)16-9(15-7)18-5-6(11)4-13-18/h1-5H. The third-order valence-electron chi connectivity index (χ3n) is 2.05. The average Bonchev–Trinajstić information content (AvgIpc) is 2.98. The third kappa shape index (κ3) is 2.20. The lowest BCUT2D eigenvalue weighted by Crippen LogP contribution is -2.09. The van der Waals surface area contributed by atoms with E-state index in [-0.39, 0.29) is 5.28 Å². The largest absolute Gasteiger partial charge is 0.256 e. The molecule has 0 atom stereocenters. The molecule has 0 N–H and O–H groups in total. The molecule has 0 aliphatic heterocycles. The first-order valence-electron chi connectivity index (χ1n) is 4.84. The monoisotopic (exact) mass is 373 g/mol. The highest BCUT2D eigenvalue weighted by Crippen LogP contribution is 2.10. The smallest absolute Gasteiger partial charge is 0.206 e. The highest BCUT2D eigenvalue weighted by Gasteiger charge is 2.09. The summed E-state index contributed by atoms with van der Waals surface area (Å²) in [5.74, 6) is 0.698. The summed E-state index contributed by atoms with van der Waals surface area (Å²) in [6, 6.07) is 1.77. The number of rotatable bonds is 2. The summed E-state index contributed by atoms with van der Waals surface area (Å²) in [7, 11) is 0. The summed E-state index contributed by atoms with van der Waals surface area (Å²) in [5, 5.41) is 8.25. The van der Waals surface area contributed by atoms with E-state index in [4.69, 9.17) is 11.6 Å². The van der Waals surface area contributed by atoms with Crippen molar-refractivity contribution in [2.45, 2.75) is 0 Å². The van der Waals surface area contributed by atoms with Gasteiger partial charge in [-0.2, -0.15) is 25.1 Å². The van der Waals surface area contributed by atoms with Crippen molar-refractivity contribution in [1.82, 2.24) is 34.5 Å². The molecule has 0 aliphatic carbocycles. The Morgan fingerprint density at radius 1 is 1.06 bits per heavy atom. The van der Waals surface area contributed by atoms with Gasteiger partial charge in [-0.25, -0.2) is 9.36 Å². The first-order valence-corrected chi connectivity index (χ1v) is 6.30. The number of hydrogen-bond donors (Lipinski definition) is 0. The van der Waals surface area contributed by atoms with Gasteiger partial charge < -0.3 is 0 Å². The van der Waals surface area contributed by atoms with E-state index in [1.165, 1.54) is 9.36 Å². The van der Waals surface area contributed by atoms with Crippen molar-refractivity contribution >= 4 is 34.2 Å². The molecule has 0 spiro atoms. The van der Waals surface area contributed by atoms with Crippen LogP contribution < -0.4 is 0 Å². The van der Waals surface area contributed by atoms with Crippen molar-refractivity contribution in [1.29, 1.82) is 0 Å². The van der Waals surface area contributed by atoms with Crippen LogP contribution in [0.4, 0.5) is 0 Å². The van der Waals surface area contributed by atoms with Gasteiger partial charge in [0.2, 0.25) is 5.28 Å². The minimum Gasteiger partial charge on any atom is -0.206 e. The molecule has 3 aromatic heterocycles. The van der Waals surface area contributed by atoms with Crippen molar-refractivity contribution in [3.8, 4) is 11.9 Å². The van der Waals surface area contributed by atoms with Crippen LogP contribution in [0.1, 0.15) is 0 Å². The predicted octanol–water partition coefficient (Wildman–Crippen LogP) is 1.50. The molecule has 3 aromatic rings. The summed E-state index contributed by atoms with van der Waals surface area (Å²) in [6.07, 6.45) is 6.85. The van der Waals surface area contributed by atoms with E-state index < -0.39 is 0 Å². The third-order valence-corrected chi connectivity index (χ3v) is 2.78. The molecule has 9 heteroatoms. The van der Waals surface area contributed by atoms with Gasteiger partial charge in [-0.15, -0.1) is 0 Å². The Bertz CT molecular complexity index is 678. The number of aromatic nitrogens is 7. The van der Waals surface area contributed by atoms with Gasteiger partial charge in [0.25, 0.3) is 11.9 Å². The Balaban J connectivity index is 2.11. The van der Waals surface area contributed by atoms with Gasteiger partial charge in [0.05, 0.1) is 9.77 Å². The lowest BCUT2D eigenvalue weighted by Gasteiger charge is -2.03. The van der Waals surface area contributed by atoms with Crippen molar-refractivity contribution in [3.05, 3.63) is 39.7 Å². The van der Waals surface area contributed by atoms with Crippen molar-refractivity contribution in [2.24, 2.45) is 0 Å². The average molecular weight is 374 g/mol. The van der Waals surface area contributed by atoms with Crippen LogP contribution in [0.3, 0.4) is 0 Å². The normalized spacial score (nSPS) is 10.8. The van der Waals surface area contributed by atoms with Gasteiger partial charge in [0.1, 0.15) is 0 Å². The highest BCUT2D eigenvalue weighted by atomic mass is 127. The molecule has 3 heterocycles. The zero-order valence-electron chi connectivity index (χ0n) is 8.77. The lowest BCUT2D eigenvalue weighted by atomic mass is 10.7. The topological polar surface area (TPSA) is 74.3 Å². The second-order valence-electron chi connectivity index (χ2n) is 3.26. The molecule has 90 valence electrons. The van der Waals surface area contributed by atoms with Crippen LogP contribution in [0.5, 0.6) is 0 Å². The Morgan fingerprint density at radius 2 is 1.83 bits per heavy atom. The number of hydrogen-bond acceptors (Lipinski definition) is 5. The molecule has 0 aliphatic rings. The van der Waals surface area contributed by atoms with Crippen LogP contribution in [0, 0.1) is 3.57 Å². The summed E-state index contributed by atoms with van der Waals surface area (Å²) in [6.45, 7) is 0. The zero-order valence-corrected chi connectivity index (χ0v) is 11.7. The Hall–Kier alpha value is -1.55. The quantitative estimate of drug-likeness (QED) is 0.637. The van der Waals surface area contributed by atoms with Gasteiger partial charge in [-0.3, -0.25) is 0 Å². The second kappa shape index (κ2) is 4.61. The molecule has 0 saturated carbocycles. The van der Waals surface area contributed by atoms with Gasteiger partial charge in [-0.05, 0) is 40.3 Å². The van der Waals surface area contributed by atoms with Crippen LogP contribution in [-0.4, -0.2) is 34.5 Å². The minimum atomic E-state index is 0.0935. The predicted molar refractivity (Wildman–Crippen MR) is 71.8 cm³/mol. The number of halogens is 2. The molecular weight excluding hydrogens is 369 g/mol. The van der Waals surface area contributed by atoms with E-state index in [0.717, 1.165) is 3.57 Å². The Labute approximate surface area is 120 Å². The van der Waals surface area contributed by atoms with Crippen LogP contribution in [0.25, 0.3) is 11.9 Å². The van der Waals surface area contributed by atoms with Gasteiger partial charge >= 0.3 is 0 Å². The molecule has 0 unspecified atom stereocenters. The van der Waals surface area contributed by atoms with Crippen LogP contribution in [0.2, 0.25) is 5.28 Å². The molecule has 0 aromatic carbocycles. The Kier molecular flexibility index (Phi) is 2.96. The lowest BCUT2D eigenvalue weighted by molar-refractivity contribution is 0.744. The molecule has 0 radical (unpaired) electrons. The van der Waals surface area contributed by atoms with Crippen LogP contribution in [-0.2, 0) is 0 Å². The van der Waals surface area contributed by atoms with E-state index in [9.17, 15) is 0 Å². The van der Waals surface area contributed by atoms with Crippen LogP contribution >= 0.6 is 34.2 Å². The molecule has 0 amide bonds. The molecule has 18 heavy (non-hydrogen) atoms. The molecule has 3 rings (SSSR count). The fourth-order valence-corrected chi connectivity index (χ4v) is 1.87. The molecule has 7 nitrogen and oxygen atoms in total. The van der Waals surface area contributed by atoms with E-state index in [0.29, 0.717) is 11.9 Å². The fourth-order valence-electron chi connectivity index (χ4n) is 1.33. The van der Waals surface area contributed by atoms with Gasteiger partial charge in [0.15, 0.2) is 0 Å². The van der Waals surface area contributed by atoms with E-state index in [2.05, 4.69) is 47.7 Å². The maximum absolute atomic E-state index is 5.88. The summed E-state index contributed by atoms with van der Waals surface area (Å²) < 4.78 is 4.01. The SMILES string of the molecule is Clc1nc(-n2cccn2)nc(-n2cc(I)cn2)n1. The maximum Gasteiger partial charge on any atom is 0.256 e. The van der Waals surface area contributed by atoms with Gasteiger partial charge in [0, 0.05) is 18.6 Å². The maximum atomic E-state index is 5.88. The molecular formula is C9H5ClIN7. The first kappa shape index (κ1) is 11.5. The molecule has 0 fully saturated rings.